The molecule has 1 fully saturated rings. The fourth-order valence-electron chi connectivity index (χ4n) is 3.31. The van der Waals surface area contributed by atoms with Gasteiger partial charge >= 0.3 is 0 Å². The van der Waals surface area contributed by atoms with Gasteiger partial charge in [-0.25, -0.2) is 0 Å². The SMILES string of the molecule is CCOc1ccccc1C(=O)NCCCN1CCOC(c2ccccc2)C1. The van der Waals surface area contributed by atoms with E-state index in [1.165, 1.54) is 5.56 Å². The Morgan fingerprint density at radius 1 is 1.19 bits per heavy atom. The Morgan fingerprint density at radius 3 is 2.78 bits per heavy atom. The van der Waals surface area contributed by atoms with E-state index in [-0.39, 0.29) is 12.0 Å². The van der Waals surface area contributed by atoms with Gasteiger partial charge in [0.1, 0.15) is 5.75 Å². The number of amides is 1. The van der Waals surface area contributed by atoms with Gasteiger partial charge in [0.05, 0.1) is 24.9 Å². The van der Waals surface area contributed by atoms with Crippen LogP contribution >= 0.6 is 0 Å². The fourth-order valence-corrected chi connectivity index (χ4v) is 3.31. The summed E-state index contributed by atoms with van der Waals surface area (Å²) in [5.74, 6) is 0.555. The van der Waals surface area contributed by atoms with Crippen molar-refractivity contribution >= 4 is 5.91 Å². The molecule has 0 spiro atoms. The van der Waals surface area contributed by atoms with E-state index >= 15 is 0 Å². The highest BCUT2D eigenvalue weighted by molar-refractivity contribution is 5.96. The number of nitrogens with zero attached hydrogens (tertiary/aromatic N) is 1. The van der Waals surface area contributed by atoms with Gasteiger partial charge in [-0.05, 0) is 31.0 Å². The Bertz CT molecular complexity index is 721. The quantitative estimate of drug-likeness (QED) is 0.727. The molecule has 1 aliphatic rings. The van der Waals surface area contributed by atoms with Crippen molar-refractivity contribution < 1.29 is 14.3 Å². The minimum absolute atomic E-state index is 0.0804. The summed E-state index contributed by atoms with van der Waals surface area (Å²) >= 11 is 0. The summed E-state index contributed by atoms with van der Waals surface area (Å²) in [4.78, 5) is 14.8. The predicted molar refractivity (Wildman–Crippen MR) is 106 cm³/mol. The maximum Gasteiger partial charge on any atom is 0.255 e. The topological polar surface area (TPSA) is 50.8 Å². The molecule has 0 bridgehead atoms. The largest absolute Gasteiger partial charge is 0.493 e. The number of morpholine rings is 1. The van der Waals surface area contributed by atoms with Crippen LogP contribution in [0.4, 0.5) is 0 Å². The number of carbonyl (C=O) groups is 1. The van der Waals surface area contributed by atoms with Gasteiger partial charge in [-0.2, -0.15) is 0 Å². The fraction of sp³-hybridized carbons (Fsp3) is 0.409. The number of para-hydroxylation sites is 1. The average Bonchev–Trinajstić information content (AvgIpc) is 2.72. The lowest BCUT2D eigenvalue weighted by molar-refractivity contribution is -0.0301. The Morgan fingerprint density at radius 2 is 1.96 bits per heavy atom. The lowest BCUT2D eigenvalue weighted by Gasteiger charge is -2.33. The molecule has 144 valence electrons. The second kappa shape index (κ2) is 10.1. The monoisotopic (exact) mass is 368 g/mol. The first-order valence-corrected chi connectivity index (χ1v) is 9.67. The summed E-state index contributed by atoms with van der Waals surface area (Å²) in [5.41, 5.74) is 1.82. The summed E-state index contributed by atoms with van der Waals surface area (Å²) in [6, 6.07) is 17.7. The molecule has 0 radical (unpaired) electrons. The van der Waals surface area contributed by atoms with Crippen LogP contribution in [0.2, 0.25) is 0 Å². The number of rotatable bonds is 8. The number of nitrogens with one attached hydrogen (secondary N) is 1. The van der Waals surface area contributed by atoms with Crippen molar-refractivity contribution in [2.24, 2.45) is 0 Å². The lowest BCUT2D eigenvalue weighted by atomic mass is 10.1. The first-order valence-electron chi connectivity index (χ1n) is 9.67. The van der Waals surface area contributed by atoms with Crippen molar-refractivity contribution in [3.05, 3.63) is 65.7 Å². The van der Waals surface area contributed by atoms with E-state index in [2.05, 4.69) is 22.3 Å². The summed E-state index contributed by atoms with van der Waals surface area (Å²) in [5, 5.41) is 3.00. The predicted octanol–water partition coefficient (Wildman–Crippen LogP) is 3.28. The Balaban J connectivity index is 1.43. The molecule has 0 aliphatic carbocycles. The Kier molecular flexibility index (Phi) is 7.25. The molecule has 0 saturated carbocycles. The summed E-state index contributed by atoms with van der Waals surface area (Å²) in [6.45, 7) is 6.62. The van der Waals surface area contributed by atoms with Gasteiger partial charge in [0.15, 0.2) is 0 Å². The normalized spacial score (nSPS) is 17.4. The van der Waals surface area contributed by atoms with Crippen molar-refractivity contribution in [2.75, 3.05) is 39.4 Å². The number of ether oxygens (including phenoxy) is 2. The summed E-state index contributed by atoms with van der Waals surface area (Å²) in [6.07, 6.45) is 1.04. The van der Waals surface area contributed by atoms with Crippen LogP contribution < -0.4 is 10.1 Å². The van der Waals surface area contributed by atoms with Crippen LogP contribution in [0.1, 0.15) is 35.4 Å². The van der Waals surface area contributed by atoms with Gasteiger partial charge in [-0.3, -0.25) is 9.69 Å². The lowest BCUT2D eigenvalue weighted by Crippen LogP contribution is -2.39. The van der Waals surface area contributed by atoms with Crippen LogP contribution in [0.5, 0.6) is 5.75 Å². The molecule has 1 heterocycles. The molecule has 0 aromatic heterocycles. The van der Waals surface area contributed by atoms with Crippen LogP contribution in [-0.2, 0) is 4.74 Å². The van der Waals surface area contributed by atoms with Crippen molar-refractivity contribution in [1.29, 1.82) is 0 Å². The number of hydrogen-bond donors (Lipinski definition) is 1. The Labute approximate surface area is 161 Å². The first kappa shape index (κ1) is 19.4. The van der Waals surface area contributed by atoms with Crippen molar-refractivity contribution in [3.63, 3.8) is 0 Å². The van der Waals surface area contributed by atoms with E-state index < -0.39 is 0 Å². The van der Waals surface area contributed by atoms with E-state index in [0.29, 0.717) is 24.5 Å². The minimum atomic E-state index is -0.0804. The Hall–Kier alpha value is -2.37. The van der Waals surface area contributed by atoms with Gasteiger partial charge in [-0.1, -0.05) is 42.5 Å². The van der Waals surface area contributed by atoms with E-state index in [9.17, 15) is 4.79 Å². The third-order valence-corrected chi connectivity index (χ3v) is 4.69. The van der Waals surface area contributed by atoms with E-state index in [1.807, 2.05) is 43.3 Å². The molecule has 27 heavy (non-hydrogen) atoms. The second-order valence-electron chi connectivity index (χ2n) is 6.61. The van der Waals surface area contributed by atoms with Crippen molar-refractivity contribution in [1.82, 2.24) is 10.2 Å². The molecule has 2 aromatic carbocycles. The highest BCUT2D eigenvalue weighted by atomic mass is 16.5. The van der Waals surface area contributed by atoms with Gasteiger partial charge < -0.3 is 14.8 Å². The molecule has 1 N–H and O–H groups in total. The number of hydrogen-bond acceptors (Lipinski definition) is 4. The first-order chi connectivity index (χ1) is 13.3. The van der Waals surface area contributed by atoms with Crippen LogP contribution in [0.3, 0.4) is 0 Å². The third kappa shape index (κ3) is 5.55. The maximum atomic E-state index is 12.4. The zero-order valence-corrected chi connectivity index (χ0v) is 15.9. The number of carbonyl (C=O) groups excluding carboxylic acids is 1. The molecule has 3 rings (SSSR count). The second-order valence-corrected chi connectivity index (χ2v) is 6.61. The molecule has 1 aliphatic heterocycles. The minimum Gasteiger partial charge on any atom is -0.493 e. The highest BCUT2D eigenvalue weighted by Crippen LogP contribution is 2.22. The molecule has 2 aromatic rings. The van der Waals surface area contributed by atoms with Crippen LogP contribution in [0.25, 0.3) is 0 Å². The van der Waals surface area contributed by atoms with E-state index in [4.69, 9.17) is 9.47 Å². The zero-order chi connectivity index (χ0) is 18.9. The van der Waals surface area contributed by atoms with Crippen molar-refractivity contribution in [2.45, 2.75) is 19.4 Å². The third-order valence-electron chi connectivity index (χ3n) is 4.69. The maximum absolute atomic E-state index is 12.4. The highest BCUT2D eigenvalue weighted by Gasteiger charge is 2.21. The standard InChI is InChI=1S/C22H28N2O3/c1-2-26-20-12-7-6-11-19(20)22(25)23-13-8-14-24-15-16-27-21(17-24)18-9-4-3-5-10-18/h3-7,9-12,21H,2,8,13-17H2,1H3,(H,23,25). The van der Waals surface area contributed by atoms with Gasteiger partial charge in [0, 0.05) is 26.2 Å². The molecule has 1 unspecified atom stereocenters. The molecule has 5 heteroatoms. The van der Waals surface area contributed by atoms with Crippen LogP contribution in [0, 0.1) is 0 Å². The molecular weight excluding hydrogens is 340 g/mol. The van der Waals surface area contributed by atoms with Crippen molar-refractivity contribution in [3.8, 4) is 5.75 Å². The van der Waals surface area contributed by atoms with Gasteiger partial charge in [0.2, 0.25) is 0 Å². The summed E-state index contributed by atoms with van der Waals surface area (Å²) < 4.78 is 11.4. The molecule has 5 nitrogen and oxygen atoms in total. The molecular formula is C22H28N2O3. The van der Waals surface area contributed by atoms with Gasteiger partial charge in [-0.15, -0.1) is 0 Å². The zero-order valence-electron chi connectivity index (χ0n) is 15.9. The van der Waals surface area contributed by atoms with Crippen LogP contribution in [-0.4, -0.2) is 50.2 Å². The molecule has 1 saturated heterocycles. The smallest absolute Gasteiger partial charge is 0.255 e. The van der Waals surface area contributed by atoms with E-state index in [1.54, 1.807) is 6.07 Å². The number of benzene rings is 2. The van der Waals surface area contributed by atoms with Crippen LogP contribution in [0.15, 0.2) is 54.6 Å². The molecule has 1 atom stereocenters. The average molecular weight is 368 g/mol. The molecule has 1 amide bonds. The van der Waals surface area contributed by atoms with E-state index in [0.717, 1.165) is 32.7 Å². The van der Waals surface area contributed by atoms with Gasteiger partial charge in [0.25, 0.3) is 5.91 Å². The summed E-state index contributed by atoms with van der Waals surface area (Å²) in [7, 11) is 0.